The third kappa shape index (κ3) is 1.91. The molecule has 0 aliphatic rings. The quantitative estimate of drug-likeness (QED) is 0.829. The molecular formula is C8H11N3O2S2. The monoisotopic (exact) mass is 245 g/mol. The first-order valence-electron chi connectivity index (χ1n) is 4.20. The van der Waals surface area contributed by atoms with Gasteiger partial charge in [-0.1, -0.05) is 6.92 Å². The Morgan fingerprint density at radius 2 is 2.20 bits per heavy atom. The number of nitrogens with two attached hydrogens (primary N) is 1. The second-order valence-electron chi connectivity index (χ2n) is 2.77. The molecular weight excluding hydrogens is 234 g/mol. The molecule has 1 aromatic rings. The van der Waals surface area contributed by atoms with Crippen molar-refractivity contribution in [2.75, 3.05) is 23.9 Å². The van der Waals surface area contributed by atoms with E-state index in [-0.39, 0.29) is 21.2 Å². The van der Waals surface area contributed by atoms with Gasteiger partial charge in [-0.2, -0.15) is 5.26 Å². The van der Waals surface area contributed by atoms with Crippen molar-refractivity contribution >= 4 is 31.9 Å². The molecule has 0 spiro atoms. The first-order valence-corrected chi connectivity index (χ1v) is 6.67. The van der Waals surface area contributed by atoms with Gasteiger partial charge in [0.25, 0.3) is 0 Å². The second kappa shape index (κ2) is 4.08. The molecule has 0 bridgehead atoms. The van der Waals surface area contributed by atoms with Gasteiger partial charge < -0.3 is 11.1 Å². The summed E-state index contributed by atoms with van der Waals surface area (Å²) in [7, 11) is -1.79. The minimum atomic E-state index is -3.39. The molecule has 0 saturated carbocycles. The van der Waals surface area contributed by atoms with Crippen molar-refractivity contribution in [3.63, 3.8) is 0 Å². The van der Waals surface area contributed by atoms with E-state index in [1.54, 1.807) is 7.05 Å². The van der Waals surface area contributed by atoms with Crippen molar-refractivity contribution in [3.05, 3.63) is 4.88 Å². The van der Waals surface area contributed by atoms with Crippen LogP contribution in [0.2, 0.25) is 0 Å². The smallest absolute Gasteiger partial charge is 0.183 e. The predicted molar refractivity (Wildman–Crippen MR) is 60.7 cm³/mol. The minimum Gasteiger partial charge on any atom is -0.396 e. The van der Waals surface area contributed by atoms with Crippen LogP contribution in [0.4, 0.5) is 10.7 Å². The molecule has 1 aromatic heterocycles. The number of nitrogen functional groups attached to an aromatic ring is 1. The fraction of sp³-hybridized carbons (Fsp3) is 0.375. The standard InChI is InChI=1S/C8H11N3O2S2/c1-3-15(12,13)7-6(10)5(4-9)14-8(7)11-2/h11H,3,10H2,1-2H3. The summed E-state index contributed by atoms with van der Waals surface area (Å²) in [5.41, 5.74) is 5.67. The Balaban J connectivity index is 3.55. The summed E-state index contributed by atoms with van der Waals surface area (Å²) in [6.45, 7) is 1.54. The average Bonchev–Trinajstić information content (AvgIpc) is 2.55. The molecule has 15 heavy (non-hydrogen) atoms. The minimum absolute atomic E-state index is 0.0342. The molecule has 1 heterocycles. The van der Waals surface area contributed by atoms with Crippen LogP contribution in [0.25, 0.3) is 0 Å². The Kier molecular flexibility index (Phi) is 3.21. The number of nitriles is 1. The van der Waals surface area contributed by atoms with Crippen molar-refractivity contribution in [1.29, 1.82) is 5.26 Å². The number of thiophene rings is 1. The highest BCUT2D eigenvalue weighted by atomic mass is 32.2. The lowest BCUT2D eigenvalue weighted by atomic mass is 10.4. The number of sulfone groups is 1. The van der Waals surface area contributed by atoms with Crippen molar-refractivity contribution in [2.45, 2.75) is 11.8 Å². The van der Waals surface area contributed by atoms with Gasteiger partial charge >= 0.3 is 0 Å². The normalized spacial score (nSPS) is 11.0. The van der Waals surface area contributed by atoms with Gasteiger partial charge in [-0.05, 0) is 0 Å². The topological polar surface area (TPSA) is 96.0 Å². The van der Waals surface area contributed by atoms with E-state index in [1.807, 2.05) is 6.07 Å². The Hall–Kier alpha value is -1.26. The van der Waals surface area contributed by atoms with Gasteiger partial charge in [0, 0.05) is 7.05 Å². The first kappa shape index (κ1) is 11.8. The van der Waals surface area contributed by atoms with Gasteiger partial charge in [0.05, 0.1) is 11.4 Å². The summed E-state index contributed by atoms with van der Waals surface area (Å²) >= 11 is 1.05. The molecule has 0 radical (unpaired) electrons. The van der Waals surface area contributed by atoms with Gasteiger partial charge in [0.1, 0.15) is 20.8 Å². The van der Waals surface area contributed by atoms with E-state index in [4.69, 9.17) is 11.0 Å². The lowest BCUT2D eigenvalue weighted by Crippen LogP contribution is -2.07. The highest BCUT2D eigenvalue weighted by Gasteiger charge is 2.25. The van der Waals surface area contributed by atoms with Crippen LogP contribution in [0, 0.1) is 11.3 Å². The van der Waals surface area contributed by atoms with E-state index < -0.39 is 9.84 Å². The number of anilines is 2. The van der Waals surface area contributed by atoms with E-state index in [2.05, 4.69) is 5.32 Å². The van der Waals surface area contributed by atoms with E-state index in [0.29, 0.717) is 5.00 Å². The van der Waals surface area contributed by atoms with Crippen LogP contribution in [0.15, 0.2) is 4.90 Å². The molecule has 7 heteroatoms. The molecule has 0 saturated heterocycles. The van der Waals surface area contributed by atoms with Crippen LogP contribution < -0.4 is 11.1 Å². The maximum atomic E-state index is 11.7. The van der Waals surface area contributed by atoms with E-state index in [9.17, 15) is 8.42 Å². The molecule has 82 valence electrons. The first-order chi connectivity index (χ1) is 6.97. The zero-order valence-corrected chi connectivity index (χ0v) is 10.00. The number of nitrogens with one attached hydrogen (secondary N) is 1. The van der Waals surface area contributed by atoms with Gasteiger partial charge in [0.15, 0.2) is 9.84 Å². The maximum absolute atomic E-state index is 11.7. The number of nitrogens with zero attached hydrogens (tertiary/aromatic N) is 1. The van der Waals surface area contributed by atoms with E-state index in [0.717, 1.165) is 11.3 Å². The van der Waals surface area contributed by atoms with Crippen molar-refractivity contribution < 1.29 is 8.42 Å². The number of rotatable bonds is 3. The fourth-order valence-electron chi connectivity index (χ4n) is 1.13. The number of hydrogen-bond donors (Lipinski definition) is 2. The van der Waals surface area contributed by atoms with Crippen molar-refractivity contribution in [1.82, 2.24) is 0 Å². The van der Waals surface area contributed by atoms with E-state index in [1.165, 1.54) is 6.92 Å². The Bertz CT molecular complexity index is 511. The summed E-state index contributed by atoms with van der Waals surface area (Å²) in [5, 5.41) is 11.9. The van der Waals surface area contributed by atoms with Crippen molar-refractivity contribution in [2.24, 2.45) is 0 Å². The van der Waals surface area contributed by atoms with Gasteiger partial charge in [0.2, 0.25) is 0 Å². The lowest BCUT2D eigenvalue weighted by Gasteiger charge is -2.03. The molecule has 0 fully saturated rings. The predicted octanol–water partition coefficient (Wildman–Crippen LogP) is 1.04. The lowest BCUT2D eigenvalue weighted by molar-refractivity contribution is 0.598. The largest absolute Gasteiger partial charge is 0.396 e. The third-order valence-electron chi connectivity index (χ3n) is 1.92. The van der Waals surface area contributed by atoms with Crippen LogP contribution >= 0.6 is 11.3 Å². The zero-order chi connectivity index (χ0) is 11.6. The fourth-order valence-corrected chi connectivity index (χ4v) is 3.58. The maximum Gasteiger partial charge on any atom is 0.183 e. The van der Waals surface area contributed by atoms with Gasteiger partial charge in [-0.25, -0.2) is 8.42 Å². The van der Waals surface area contributed by atoms with Crippen LogP contribution in [-0.4, -0.2) is 21.2 Å². The molecule has 5 nitrogen and oxygen atoms in total. The summed E-state index contributed by atoms with van der Waals surface area (Å²) in [6.07, 6.45) is 0. The zero-order valence-electron chi connectivity index (χ0n) is 8.36. The summed E-state index contributed by atoms with van der Waals surface area (Å²) in [4.78, 5) is 0.278. The summed E-state index contributed by atoms with van der Waals surface area (Å²) in [6, 6.07) is 1.88. The highest BCUT2D eigenvalue weighted by Crippen LogP contribution is 2.38. The number of hydrogen-bond acceptors (Lipinski definition) is 6. The SMILES string of the molecule is CCS(=O)(=O)c1c(NC)sc(C#N)c1N. The van der Waals surface area contributed by atoms with Crippen LogP contribution in [0.3, 0.4) is 0 Å². The van der Waals surface area contributed by atoms with Crippen LogP contribution in [-0.2, 0) is 9.84 Å². The summed E-state index contributed by atoms with van der Waals surface area (Å²) < 4.78 is 23.4. The Labute approximate surface area is 92.4 Å². The molecule has 0 aliphatic heterocycles. The van der Waals surface area contributed by atoms with Crippen molar-refractivity contribution in [3.8, 4) is 6.07 Å². The second-order valence-corrected chi connectivity index (χ2v) is 6.00. The van der Waals surface area contributed by atoms with Gasteiger partial charge in [-0.15, -0.1) is 11.3 Å². The Morgan fingerprint density at radius 3 is 2.60 bits per heavy atom. The third-order valence-corrected chi connectivity index (χ3v) is 4.98. The molecule has 3 N–H and O–H groups in total. The molecule has 0 atom stereocenters. The molecule has 0 unspecified atom stereocenters. The Morgan fingerprint density at radius 1 is 1.60 bits per heavy atom. The molecule has 1 rings (SSSR count). The molecule has 0 aliphatic carbocycles. The molecule has 0 amide bonds. The highest BCUT2D eigenvalue weighted by molar-refractivity contribution is 7.91. The summed E-state index contributed by atoms with van der Waals surface area (Å²) in [5.74, 6) is -0.0342. The average molecular weight is 245 g/mol. The van der Waals surface area contributed by atoms with Gasteiger partial charge in [-0.3, -0.25) is 0 Å². The van der Waals surface area contributed by atoms with Crippen LogP contribution in [0.5, 0.6) is 0 Å². The van der Waals surface area contributed by atoms with Crippen LogP contribution in [0.1, 0.15) is 11.8 Å². The molecule has 0 aromatic carbocycles. The van der Waals surface area contributed by atoms with E-state index >= 15 is 0 Å².